The molecule has 0 aromatic heterocycles. The zero-order valence-electron chi connectivity index (χ0n) is 40.3. The zero-order valence-corrected chi connectivity index (χ0v) is 40.3. The number of fused-ring (bicyclic) bond motifs is 6. The minimum absolute atomic E-state index is 0.00330. The van der Waals surface area contributed by atoms with Gasteiger partial charge in [0.2, 0.25) is 5.91 Å². The van der Waals surface area contributed by atoms with Gasteiger partial charge in [0.1, 0.15) is 11.5 Å². The summed E-state index contributed by atoms with van der Waals surface area (Å²) in [6.45, 7) is 1.43. The number of amides is 1. The lowest BCUT2D eigenvalue weighted by atomic mass is 9.82. The number of para-hydroxylation sites is 2. The fraction of sp³-hybridized carbons (Fsp3) is 0.0161. The molecular formula is C62H43N5O9. The summed E-state index contributed by atoms with van der Waals surface area (Å²) in [7, 11) is 0. The van der Waals surface area contributed by atoms with Gasteiger partial charge in [-0.3, -0.25) is 33.6 Å². The highest BCUT2D eigenvalue weighted by molar-refractivity contribution is 6.33. The molecule has 12 rings (SSSR count). The molecule has 0 heterocycles. The Hall–Kier alpha value is -10.7. The van der Waals surface area contributed by atoms with E-state index in [1.807, 2.05) is 60.7 Å². The molecule has 0 saturated heterocycles. The van der Waals surface area contributed by atoms with Crippen LogP contribution in [-0.2, 0) is 4.79 Å². The number of hydrogen-bond donors (Lipinski definition) is 7. The summed E-state index contributed by atoms with van der Waals surface area (Å²) in [6.07, 6.45) is 0. The quantitative estimate of drug-likeness (QED) is 0.0582. The number of anilines is 8. The van der Waals surface area contributed by atoms with Crippen molar-refractivity contribution in [1.82, 2.24) is 0 Å². The van der Waals surface area contributed by atoms with Crippen LogP contribution in [0.3, 0.4) is 0 Å². The molecule has 0 fully saturated rings. The number of aromatic hydroxyl groups is 2. The Morgan fingerprint density at radius 2 is 0.605 bits per heavy atom. The van der Waals surface area contributed by atoms with E-state index in [4.69, 9.17) is 5.73 Å². The van der Waals surface area contributed by atoms with Crippen LogP contribution >= 0.6 is 0 Å². The van der Waals surface area contributed by atoms with Gasteiger partial charge < -0.3 is 37.2 Å². The first-order valence-electron chi connectivity index (χ1n) is 23.8. The first-order chi connectivity index (χ1) is 36.8. The molecule has 1 amide bonds. The zero-order chi connectivity index (χ0) is 53.2. The Morgan fingerprint density at radius 1 is 0.329 bits per heavy atom. The molecule has 9 aromatic rings. The highest BCUT2D eigenvalue weighted by atomic mass is 16.3. The normalized spacial score (nSPS) is 12.4. The Kier molecular flexibility index (Phi) is 13.1. The molecule has 14 nitrogen and oxygen atoms in total. The van der Waals surface area contributed by atoms with E-state index in [0.717, 1.165) is 11.4 Å². The monoisotopic (exact) mass is 1000 g/mol. The van der Waals surface area contributed by atoms with E-state index < -0.39 is 0 Å². The van der Waals surface area contributed by atoms with Crippen molar-refractivity contribution >= 4 is 86.1 Å². The Morgan fingerprint density at radius 3 is 0.961 bits per heavy atom. The second-order valence-electron chi connectivity index (χ2n) is 17.7. The summed E-state index contributed by atoms with van der Waals surface area (Å²) in [6, 6.07) is 55.3. The van der Waals surface area contributed by atoms with Gasteiger partial charge in [-0.1, -0.05) is 109 Å². The van der Waals surface area contributed by atoms with Crippen LogP contribution in [0.5, 0.6) is 11.5 Å². The van der Waals surface area contributed by atoms with E-state index >= 15 is 0 Å². The summed E-state index contributed by atoms with van der Waals surface area (Å²) >= 11 is 0. The maximum absolute atomic E-state index is 13.0. The lowest BCUT2D eigenvalue weighted by molar-refractivity contribution is -0.114. The number of carbonyl (C=O) groups is 7. The predicted octanol–water partition coefficient (Wildman–Crippen LogP) is 11.6. The summed E-state index contributed by atoms with van der Waals surface area (Å²) in [5.74, 6) is -2.29. The minimum Gasteiger partial charge on any atom is -0.507 e. The molecule has 3 aliphatic carbocycles. The second-order valence-corrected chi connectivity index (χ2v) is 17.7. The molecule has 0 unspecified atom stereocenters. The highest BCUT2D eigenvalue weighted by Crippen LogP contribution is 2.41. The van der Waals surface area contributed by atoms with Crippen LogP contribution in [0.4, 0.5) is 45.5 Å². The van der Waals surface area contributed by atoms with Gasteiger partial charge in [-0.2, -0.15) is 0 Å². The first kappa shape index (κ1) is 48.9. The van der Waals surface area contributed by atoms with Gasteiger partial charge in [-0.05, 0) is 84.9 Å². The van der Waals surface area contributed by atoms with Gasteiger partial charge >= 0.3 is 0 Å². The third-order valence-corrected chi connectivity index (χ3v) is 12.8. The van der Waals surface area contributed by atoms with Crippen LogP contribution in [0.15, 0.2) is 194 Å². The molecule has 0 aliphatic heterocycles. The van der Waals surface area contributed by atoms with E-state index in [2.05, 4.69) is 21.3 Å². The SMILES string of the molecule is CC(=O)Nc1ccc(Nc2ccc(O)c3c2C(=O)c2ccccc2C3=O)cc1.Nc1ccc(Nc2ccccc2)c2c1C(=O)c1ccccc1C2=O.O=C1c2ccccc2C(=O)c2c(Nc3ccccc3)ccc(O)c21. The molecule has 370 valence electrons. The van der Waals surface area contributed by atoms with Gasteiger partial charge in [0.25, 0.3) is 0 Å². The molecular weight excluding hydrogens is 959 g/mol. The molecule has 0 radical (unpaired) electrons. The van der Waals surface area contributed by atoms with E-state index in [1.165, 1.54) is 19.1 Å². The number of rotatable bonds is 7. The smallest absolute Gasteiger partial charge is 0.221 e. The van der Waals surface area contributed by atoms with Crippen LogP contribution in [0, 0.1) is 0 Å². The third kappa shape index (κ3) is 9.20. The average molecular weight is 1000 g/mol. The van der Waals surface area contributed by atoms with Crippen molar-refractivity contribution in [3.05, 3.63) is 261 Å². The van der Waals surface area contributed by atoms with Crippen LogP contribution in [0.2, 0.25) is 0 Å². The van der Waals surface area contributed by atoms with Gasteiger partial charge in [0.05, 0.1) is 50.4 Å². The number of benzene rings is 9. The molecule has 8 N–H and O–H groups in total. The number of nitrogens with two attached hydrogens (primary N) is 1. The summed E-state index contributed by atoms with van der Waals surface area (Å²) in [4.78, 5) is 88.5. The van der Waals surface area contributed by atoms with Crippen LogP contribution < -0.4 is 27.0 Å². The summed E-state index contributed by atoms with van der Waals surface area (Å²) < 4.78 is 0. The van der Waals surface area contributed by atoms with Crippen molar-refractivity contribution in [2.45, 2.75) is 6.92 Å². The third-order valence-electron chi connectivity index (χ3n) is 12.8. The largest absolute Gasteiger partial charge is 0.507 e. The predicted molar refractivity (Wildman–Crippen MR) is 290 cm³/mol. The van der Waals surface area contributed by atoms with E-state index in [9.17, 15) is 43.8 Å². The molecule has 9 aromatic carbocycles. The number of ketones is 6. The van der Waals surface area contributed by atoms with Gasteiger partial charge in [-0.15, -0.1) is 0 Å². The number of nitrogens with one attached hydrogen (secondary N) is 4. The maximum Gasteiger partial charge on any atom is 0.221 e. The lowest BCUT2D eigenvalue weighted by Crippen LogP contribution is -2.23. The maximum atomic E-state index is 13.0. The molecule has 0 saturated carbocycles. The van der Waals surface area contributed by atoms with Crippen molar-refractivity contribution in [3.63, 3.8) is 0 Å². The molecule has 0 atom stereocenters. The van der Waals surface area contributed by atoms with E-state index in [0.29, 0.717) is 67.5 Å². The summed E-state index contributed by atoms with van der Waals surface area (Å²) in [5.41, 5.74) is 13.9. The minimum atomic E-state index is -0.382. The van der Waals surface area contributed by atoms with Crippen LogP contribution in [-0.4, -0.2) is 50.8 Å². The van der Waals surface area contributed by atoms with Crippen molar-refractivity contribution < 1.29 is 43.8 Å². The lowest BCUT2D eigenvalue weighted by Gasteiger charge is -2.22. The standard InChI is InChI=1S/C22H16N2O4.C20H14N2O2.C20H13NO3/c1-12(25)23-13-6-8-14(9-7-13)24-17-10-11-18(26)20-19(17)21(27)15-4-2-3-5-16(15)22(20)28;21-15-10-11-16(22-12-6-2-1-3-7-12)18-17(15)19(23)13-8-4-5-9-14(13)20(18)24;22-16-11-10-15(21-12-6-2-1-3-7-12)17-18(16)20(24)14-9-5-4-8-13(14)19(17)23/h2-11,24,26H,1H3,(H,23,25);1-11,22H,21H2;1-11,21-22H. The number of hydrogen-bond acceptors (Lipinski definition) is 13. The Labute approximate surface area is 434 Å². The van der Waals surface area contributed by atoms with Crippen molar-refractivity contribution in [3.8, 4) is 11.5 Å². The highest BCUT2D eigenvalue weighted by Gasteiger charge is 2.36. The fourth-order valence-electron chi connectivity index (χ4n) is 9.32. The summed E-state index contributed by atoms with van der Waals surface area (Å²) in [5, 5.41) is 32.6. The fourth-order valence-corrected chi connectivity index (χ4v) is 9.32. The number of nitrogen functional groups attached to an aromatic ring is 1. The van der Waals surface area contributed by atoms with Crippen LogP contribution in [0.25, 0.3) is 0 Å². The number of carbonyl (C=O) groups excluding carboxylic acids is 7. The molecule has 3 aliphatic rings. The topological polar surface area (TPSA) is 234 Å². The number of phenolic OH excluding ortho intramolecular Hbond substituents is 2. The number of phenols is 2. The molecule has 0 bridgehead atoms. The molecule has 14 heteroatoms. The first-order valence-corrected chi connectivity index (χ1v) is 23.8. The van der Waals surface area contributed by atoms with Gasteiger partial charge in [0, 0.05) is 68.7 Å². The van der Waals surface area contributed by atoms with Crippen molar-refractivity contribution in [1.29, 1.82) is 0 Å². The average Bonchev–Trinajstić information content (AvgIpc) is 3.47. The molecule has 76 heavy (non-hydrogen) atoms. The van der Waals surface area contributed by atoms with E-state index in [1.54, 1.807) is 121 Å². The van der Waals surface area contributed by atoms with Crippen LogP contribution in [0.1, 0.15) is 102 Å². The van der Waals surface area contributed by atoms with Gasteiger partial charge in [-0.25, -0.2) is 0 Å². The van der Waals surface area contributed by atoms with E-state index in [-0.39, 0.29) is 85.5 Å². The second kappa shape index (κ2) is 20.4. The Bertz CT molecular complexity index is 3730. The van der Waals surface area contributed by atoms with Crippen molar-refractivity contribution in [2.75, 3.05) is 27.0 Å². The molecule has 0 spiro atoms. The van der Waals surface area contributed by atoms with Crippen molar-refractivity contribution in [2.24, 2.45) is 0 Å². The van der Waals surface area contributed by atoms with Gasteiger partial charge in [0.15, 0.2) is 34.7 Å². The Balaban J connectivity index is 0.000000130.